The second-order valence-electron chi connectivity index (χ2n) is 2.43. The molecule has 0 bridgehead atoms. The van der Waals surface area contributed by atoms with Crippen LogP contribution in [0.2, 0.25) is 0 Å². The van der Waals surface area contributed by atoms with Crippen LogP contribution in [0.25, 0.3) is 0 Å². The predicted octanol–water partition coefficient (Wildman–Crippen LogP) is 2.22. The molecule has 1 N–H and O–H groups in total. The number of rotatable bonds is 3. The van der Waals surface area contributed by atoms with E-state index in [1.807, 2.05) is 44.2 Å². The summed E-state index contributed by atoms with van der Waals surface area (Å²) in [4.78, 5) is 0. The van der Waals surface area contributed by atoms with Gasteiger partial charge in [-0.3, -0.25) is 0 Å². The van der Waals surface area contributed by atoms with E-state index in [2.05, 4.69) is 0 Å². The first-order valence-electron chi connectivity index (χ1n) is 4.57. The highest BCUT2D eigenvalue weighted by atomic mass is 16.5. The van der Waals surface area contributed by atoms with E-state index in [9.17, 15) is 0 Å². The molecular formula is C11H18O2. The Balaban J connectivity index is 0.000000252. The molecule has 1 aromatic rings. The number of ether oxygens (including phenoxy) is 1. The maximum atomic E-state index is 8.54. The zero-order chi connectivity index (χ0) is 9.94. The van der Waals surface area contributed by atoms with Gasteiger partial charge in [0.1, 0.15) is 0 Å². The third-order valence-corrected chi connectivity index (χ3v) is 1.43. The summed E-state index contributed by atoms with van der Waals surface area (Å²) in [5.41, 5.74) is 0.965. The summed E-state index contributed by atoms with van der Waals surface area (Å²) in [5.74, 6) is 0. The normalized spacial score (nSPS) is 8.85. The van der Waals surface area contributed by atoms with E-state index < -0.39 is 0 Å². The van der Waals surface area contributed by atoms with Crippen LogP contribution in [0.1, 0.15) is 19.4 Å². The number of benzene rings is 1. The fourth-order valence-corrected chi connectivity index (χ4v) is 0.788. The van der Waals surface area contributed by atoms with Gasteiger partial charge in [-0.15, -0.1) is 0 Å². The average Bonchev–Trinajstić information content (AvgIpc) is 2.21. The van der Waals surface area contributed by atoms with Gasteiger partial charge in [-0.2, -0.15) is 0 Å². The second-order valence-corrected chi connectivity index (χ2v) is 2.43. The van der Waals surface area contributed by atoms with Gasteiger partial charge in [0.05, 0.1) is 6.61 Å². The van der Waals surface area contributed by atoms with E-state index >= 15 is 0 Å². The highest BCUT2D eigenvalue weighted by molar-refractivity contribution is 5.12. The van der Waals surface area contributed by atoms with Crippen molar-refractivity contribution < 1.29 is 9.84 Å². The molecule has 74 valence electrons. The maximum Gasteiger partial charge on any atom is 0.0681 e. The SMILES string of the molecule is CCOCC.OCc1ccccc1. The largest absolute Gasteiger partial charge is 0.392 e. The molecule has 1 aromatic carbocycles. The van der Waals surface area contributed by atoms with Crippen molar-refractivity contribution in [2.24, 2.45) is 0 Å². The summed E-state index contributed by atoms with van der Waals surface area (Å²) in [6.07, 6.45) is 0. The molecule has 0 aliphatic heterocycles. The third-order valence-electron chi connectivity index (χ3n) is 1.43. The highest BCUT2D eigenvalue weighted by Gasteiger charge is 1.81. The zero-order valence-electron chi connectivity index (χ0n) is 8.36. The fourth-order valence-electron chi connectivity index (χ4n) is 0.788. The summed E-state index contributed by atoms with van der Waals surface area (Å²) in [7, 11) is 0. The summed E-state index contributed by atoms with van der Waals surface area (Å²) >= 11 is 0. The van der Waals surface area contributed by atoms with Crippen LogP contribution < -0.4 is 0 Å². The van der Waals surface area contributed by atoms with Crippen molar-refractivity contribution in [2.45, 2.75) is 20.5 Å². The van der Waals surface area contributed by atoms with Gasteiger partial charge >= 0.3 is 0 Å². The van der Waals surface area contributed by atoms with Gasteiger partial charge in [-0.25, -0.2) is 0 Å². The Morgan fingerprint density at radius 1 is 1.08 bits per heavy atom. The minimum Gasteiger partial charge on any atom is -0.392 e. The quantitative estimate of drug-likeness (QED) is 0.776. The Morgan fingerprint density at radius 2 is 1.62 bits per heavy atom. The Bertz CT molecular complexity index is 183. The van der Waals surface area contributed by atoms with E-state index in [4.69, 9.17) is 9.84 Å². The lowest BCUT2D eigenvalue weighted by molar-refractivity contribution is 0.162. The van der Waals surface area contributed by atoms with E-state index in [-0.39, 0.29) is 6.61 Å². The molecule has 13 heavy (non-hydrogen) atoms. The minimum absolute atomic E-state index is 0.140. The number of aliphatic hydroxyl groups is 1. The molecule has 0 heterocycles. The van der Waals surface area contributed by atoms with Crippen molar-refractivity contribution in [3.63, 3.8) is 0 Å². The van der Waals surface area contributed by atoms with Crippen LogP contribution in [0, 0.1) is 0 Å². The summed E-state index contributed by atoms with van der Waals surface area (Å²) in [6.45, 7) is 5.81. The van der Waals surface area contributed by atoms with Crippen molar-refractivity contribution in [2.75, 3.05) is 13.2 Å². The predicted molar refractivity (Wildman–Crippen MR) is 54.5 cm³/mol. The zero-order valence-corrected chi connectivity index (χ0v) is 8.36. The van der Waals surface area contributed by atoms with E-state index in [0.717, 1.165) is 18.8 Å². The first-order valence-corrected chi connectivity index (χ1v) is 4.57. The average molecular weight is 182 g/mol. The molecule has 0 atom stereocenters. The number of hydrogen-bond acceptors (Lipinski definition) is 2. The lowest BCUT2D eigenvalue weighted by atomic mass is 10.2. The van der Waals surface area contributed by atoms with Crippen LogP contribution in [0.3, 0.4) is 0 Å². The number of aliphatic hydroxyl groups excluding tert-OH is 1. The topological polar surface area (TPSA) is 29.5 Å². The highest BCUT2D eigenvalue weighted by Crippen LogP contribution is 1.95. The smallest absolute Gasteiger partial charge is 0.0681 e. The van der Waals surface area contributed by atoms with Gasteiger partial charge in [0.15, 0.2) is 0 Å². The first-order chi connectivity index (χ1) is 6.35. The van der Waals surface area contributed by atoms with Crippen molar-refractivity contribution in [1.29, 1.82) is 0 Å². The van der Waals surface area contributed by atoms with Crippen LogP contribution in [0.15, 0.2) is 30.3 Å². The molecule has 0 unspecified atom stereocenters. The molecular weight excluding hydrogens is 164 g/mol. The van der Waals surface area contributed by atoms with Gasteiger partial charge in [-0.05, 0) is 19.4 Å². The molecule has 0 amide bonds. The van der Waals surface area contributed by atoms with Crippen LogP contribution >= 0.6 is 0 Å². The summed E-state index contributed by atoms with van der Waals surface area (Å²) in [6, 6.07) is 9.52. The summed E-state index contributed by atoms with van der Waals surface area (Å²) < 4.78 is 4.83. The molecule has 0 fully saturated rings. The molecule has 0 aliphatic carbocycles. The van der Waals surface area contributed by atoms with Gasteiger partial charge in [0.2, 0.25) is 0 Å². The van der Waals surface area contributed by atoms with E-state index in [1.54, 1.807) is 0 Å². The second kappa shape index (κ2) is 9.23. The standard InChI is InChI=1S/C7H8O.C4H10O/c8-6-7-4-2-1-3-5-7;1-3-5-4-2/h1-5,8H,6H2;3-4H2,1-2H3. The molecule has 0 radical (unpaired) electrons. The van der Waals surface area contributed by atoms with Gasteiger partial charge in [-0.1, -0.05) is 30.3 Å². The Kier molecular flexibility index (Phi) is 8.62. The van der Waals surface area contributed by atoms with Crippen LogP contribution in [-0.2, 0) is 11.3 Å². The van der Waals surface area contributed by atoms with Crippen LogP contribution in [0.4, 0.5) is 0 Å². The van der Waals surface area contributed by atoms with Crippen molar-refractivity contribution in [1.82, 2.24) is 0 Å². The fraction of sp³-hybridized carbons (Fsp3) is 0.455. The maximum absolute atomic E-state index is 8.54. The Labute approximate surface area is 80.2 Å². The lowest BCUT2D eigenvalue weighted by Gasteiger charge is -1.89. The third kappa shape index (κ3) is 7.50. The molecule has 0 spiro atoms. The van der Waals surface area contributed by atoms with Crippen molar-refractivity contribution in [3.8, 4) is 0 Å². The molecule has 0 saturated carbocycles. The minimum atomic E-state index is 0.140. The lowest BCUT2D eigenvalue weighted by Crippen LogP contribution is -1.84. The monoisotopic (exact) mass is 182 g/mol. The van der Waals surface area contributed by atoms with Crippen LogP contribution in [-0.4, -0.2) is 18.3 Å². The van der Waals surface area contributed by atoms with Crippen molar-refractivity contribution >= 4 is 0 Å². The molecule has 0 aromatic heterocycles. The van der Waals surface area contributed by atoms with E-state index in [1.165, 1.54) is 0 Å². The van der Waals surface area contributed by atoms with Crippen LogP contribution in [0.5, 0.6) is 0 Å². The first kappa shape index (κ1) is 12.1. The van der Waals surface area contributed by atoms with Gasteiger partial charge in [0.25, 0.3) is 0 Å². The molecule has 2 nitrogen and oxygen atoms in total. The van der Waals surface area contributed by atoms with Gasteiger partial charge in [0, 0.05) is 13.2 Å². The van der Waals surface area contributed by atoms with E-state index in [0.29, 0.717) is 0 Å². The Hall–Kier alpha value is -0.860. The molecule has 0 aliphatic rings. The molecule has 1 rings (SSSR count). The van der Waals surface area contributed by atoms with Crippen molar-refractivity contribution in [3.05, 3.63) is 35.9 Å². The number of hydrogen-bond donors (Lipinski definition) is 1. The summed E-state index contributed by atoms with van der Waals surface area (Å²) in [5, 5.41) is 8.54. The molecule has 2 heteroatoms. The van der Waals surface area contributed by atoms with Gasteiger partial charge < -0.3 is 9.84 Å². The molecule has 0 saturated heterocycles. The Morgan fingerprint density at radius 3 is 1.85 bits per heavy atom.